The first-order chi connectivity index (χ1) is 17.1. The molecule has 1 aromatic heterocycles. The van der Waals surface area contributed by atoms with Crippen LogP contribution in [0.5, 0.6) is 0 Å². The Morgan fingerprint density at radius 2 is 1.78 bits per heavy atom. The largest absolute Gasteiger partial charge is 0.369 e. The molecule has 192 valence electrons. The maximum absolute atomic E-state index is 13.4. The molecule has 0 saturated carbocycles. The predicted molar refractivity (Wildman–Crippen MR) is 132 cm³/mol. The summed E-state index contributed by atoms with van der Waals surface area (Å²) in [6, 6.07) is 9.67. The zero-order chi connectivity index (χ0) is 25.5. The van der Waals surface area contributed by atoms with Crippen molar-refractivity contribution in [1.82, 2.24) is 41.9 Å². The number of H-pyrrole nitrogens is 1. The first kappa shape index (κ1) is 24.8. The van der Waals surface area contributed by atoms with Crippen molar-refractivity contribution in [2.75, 3.05) is 18.8 Å². The minimum Gasteiger partial charge on any atom is -0.369 e. The number of benzene rings is 2. The number of hydrogen-bond acceptors (Lipinski definition) is 11. The molecule has 2 aromatic carbocycles. The van der Waals surface area contributed by atoms with Crippen LogP contribution in [-0.4, -0.2) is 45.9 Å². The number of nitrogens with two attached hydrogens (primary N) is 2. The van der Waals surface area contributed by atoms with Crippen molar-refractivity contribution in [1.29, 1.82) is 0 Å². The lowest BCUT2D eigenvalue weighted by Crippen LogP contribution is -2.38. The third kappa shape index (κ3) is 4.85. The van der Waals surface area contributed by atoms with E-state index in [2.05, 4.69) is 41.9 Å². The summed E-state index contributed by atoms with van der Waals surface area (Å²) in [7, 11) is -8.74. The van der Waals surface area contributed by atoms with E-state index in [1.165, 1.54) is 6.07 Å². The van der Waals surface area contributed by atoms with Gasteiger partial charge in [0.15, 0.2) is 5.95 Å². The molecule has 3 aromatic rings. The van der Waals surface area contributed by atoms with E-state index >= 15 is 0 Å². The fourth-order valence-corrected chi connectivity index (χ4v) is 7.32. The summed E-state index contributed by atoms with van der Waals surface area (Å²) in [6.45, 7) is 1.10. The number of imidazole rings is 1. The van der Waals surface area contributed by atoms with Crippen molar-refractivity contribution in [3.8, 4) is 22.4 Å². The number of anilines is 1. The first-order valence-corrected chi connectivity index (χ1v) is 14.0. The van der Waals surface area contributed by atoms with Crippen LogP contribution in [-0.2, 0) is 20.0 Å². The summed E-state index contributed by atoms with van der Waals surface area (Å²) in [5, 5.41) is 8.72. The topological polar surface area (TPSA) is 221 Å². The smallest absolute Gasteiger partial charge is 0.242 e. The summed E-state index contributed by atoms with van der Waals surface area (Å²) < 4.78 is 55.2. The van der Waals surface area contributed by atoms with E-state index in [1.54, 1.807) is 24.4 Å². The second kappa shape index (κ2) is 9.51. The van der Waals surface area contributed by atoms with E-state index in [4.69, 9.17) is 10.9 Å². The number of primary sulfonamides is 1. The Balaban J connectivity index is 1.71. The minimum absolute atomic E-state index is 0.128. The van der Waals surface area contributed by atoms with Crippen molar-refractivity contribution >= 4 is 26.0 Å². The van der Waals surface area contributed by atoms with E-state index < -0.39 is 36.0 Å². The zero-order valence-electron chi connectivity index (χ0n) is 18.9. The number of aromatic nitrogens is 2. The van der Waals surface area contributed by atoms with Crippen LogP contribution in [0, 0.1) is 0 Å². The molecule has 0 unspecified atom stereocenters. The number of hydrogen-bond donors (Lipinski definition) is 9. The molecule has 2 fully saturated rings. The van der Waals surface area contributed by atoms with Crippen LogP contribution < -0.4 is 42.8 Å². The average molecular weight is 535 g/mol. The normalized spacial score (nSPS) is 19.2. The van der Waals surface area contributed by atoms with Crippen LogP contribution >= 0.6 is 0 Å². The fraction of sp³-hybridized carbons (Fsp3) is 0.250. The number of hydrazine groups is 3. The molecular weight excluding hydrogens is 508 g/mol. The van der Waals surface area contributed by atoms with Crippen LogP contribution in [0.3, 0.4) is 0 Å². The molecule has 2 saturated heterocycles. The second-order valence-corrected chi connectivity index (χ2v) is 11.6. The molecule has 16 heteroatoms. The second-order valence-electron chi connectivity index (χ2n) is 8.44. The monoisotopic (exact) mass is 534 g/mol. The standard InChI is InChI=1S/C20H26N10O4S2/c21-20-24-10-15(25-20)12-3-1-2-11(8-12)14-4-5-16(36(33,34)28-13-6-7-23-9-13)18(35(22,31)32)17(14)19-26-29-30-27-19/h1-5,8,10,13,19,23,26-30H,6-7,9H2,(H3,21,24,25)(H2,22,31,32)/t13-/m1/s1. The van der Waals surface area contributed by atoms with Gasteiger partial charge < -0.3 is 16.0 Å². The number of nitrogens with zero attached hydrogens (tertiary/aromatic N) is 1. The fourth-order valence-electron chi connectivity index (χ4n) is 4.40. The van der Waals surface area contributed by atoms with Crippen LogP contribution in [0.25, 0.3) is 22.4 Å². The van der Waals surface area contributed by atoms with E-state index in [9.17, 15) is 16.8 Å². The van der Waals surface area contributed by atoms with Crippen molar-refractivity contribution in [2.24, 2.45) is 5.14 Å². The highest BCUT2D eigenvalue weighted by molar-refractivity contribution is 7.92. The summed E-state index contributed by atoms with van der Waals surface area (Å²) in [5.74, 6) is 0.253. The predicted octanol–water partition coefficient (Wildman–Crippen LogP) is -1.27. The van der Waals surface area contributed by atoms with Gasteiger partial charge in [0.05, 0.1) is 11.9 Å². The molecule has 36 heavy (non-hydrogen) atoms. The quantitative estimate of drug-likeness (QED) is 0.174. The number of rotatable bonds is 7. The van der Waals surface area contributed by atoms with Gasteiger partial charge in [-0.25, -0.2) is 42.5 Å². The molecule has 0 aliphatic carbocycles. The Morgan fingerprint density at radius 3 is 2.42 bits per heavy atom. The Bertz CT molecular complexity index is 1490. The van der Waals surface area contributed by atoms with Crippen molar-refractivity contribution in [3.63, 3.8) is 0 Å². The minimum atomic E-state index is -4.51. The van der Waals surface area contributed by atoms with Gasteiger partial charge in [0.1, 0.15) is 16.0 Å². The summed E-state index contributed by atoms with van der Waals surface area (Å²) >= 11 is 0. The van der Waals surface area contributed by atoms with Crippen LogP contribution in [0.1, 0.15) is 18.2 Å². The number of aromatic amines is 1. The first-order valence-electron chi connectivity index (χ1n) is 11.0. The Labute approximate surface area is 207 Å². The number of nitrogen functional groups attached to an aromatic ring is 1. The maximum atomic E-state index is 13.4. The molecule has 1 atom stereocenters. The van der Waals surface area contributed by atoms with Gasteiger partial charge in [0, 0.05) is 23.7 Å². The number of nitrogens with one attached hydrogen (secondary N) is 7. The molecule has 5 rings (SSSR count). The lowest BCUT2D eigenvalue weighted by molar-refractivity contribution is 0.530. The average Bonchev–Trinajstić information content (AvgIpc) is 3.61. The van der Waals surface area contributed by atoms with Gasteiger partial charge in [-0.1, -0.05) is 24.3 Å². The summed E-state index contributed by atoms with van der Waals surface area (Å²) in [4.78, 5) is 6.03. The Morgan fingerprint density at radius 1 is 1.03 bits per heavy atom. The lowest BCUT2D eigenvalue weighted by Gasteiger charge is -2.22. The highest BCUT2D eigenvalue weighted by Gasteiger charge is 2.35. The highest BCUT2D eigenvalue weighted by atomic mass is 32.2. The van der Waals surface area contributed by atoms with Gasteiger partial charge in [0.2, 0.25) is 20.0 Å². The SMILES string of the molecule is Nc1ncc(-c2cccc(-c3ccc(S(=O)(=O)N[C@@H]4CCNC4)c(S(N)(=O)=O)c3C3NNNN3)c2)[nH]1. The van der Waals surface area contributed by atoms with Crippen molar-refractivity contribution in [3.05, 3.63) is 48.2 Å². The zero-order valence-corrected chi connectivity index (χ0v) is 20.5. The lowest BCUT2D eigenvalue weighted by atomic mass is 9.96. The molecule has 0 spiro atoms. The molecule has 0 radical (unpaired) electrons. The van der Waals surface area contributed by atoms with E-state index in [0.717, 1.165) is 5.56 Å². The Hall–Kier alpha value is -2.93. The van der Waals surface area contributed by atoms with Gasteiger partial charge in [-0.05, 0) is 36.2 Å². The molecule has 2 aliphatic rings. The third-order valence-electron chi connectivity index (χ3n) is 5.98. The highest BCUT2D eigenvalue weighted by Crippen LogP contribution is 2.37. The molecule has 11 N–H and O–H groups in total. The Kier molecular flexibility index (Phi) is 6.54. The van der Waals surface area contributed by atoms with Crippen molar-refractivity contribution in [2.45, 2.75) is 28.4 Å². The molecule has 14 nitrogen and oxygen atoms in total. The van der Waals surface area contributed by atoms with Gasteiger partial charge in [-0.3, -0.25) is 0 Å². The van der Waals surface area contributed by atoms with Crippen LogP contribution in [0.4, 0.5) is 5.95 Å². The van der Waals surface area contributed by atoms with E-state index in [-0.39, 0.29) is 17.6 Å². The van der Waals surface area contributed by atoms with E-state index in [1.807, 2.05) is 12.1 Å². The molecule has 0 bridgehead atoms. The molecular formula is C20H26N10O4S2. The van der Waals surface area contributed by atoms with Crippen LogP contribution in [0.15, 0.2) is 52.4 Å². The van der Waals surface area contributed by atoms with Crippen LogP contribution in [0.2, 0.25) is 0 Å². The van der Waals surface area contributed by atoms with Gasteiger partial charge in [-0.2, -0.15) is 11.1 Å². The number of sulfonamides is 2. The third-order valence-corrected chi connectivity index (χ3v) is 8.68. The van der Waals surface area contributed by atoms with Gasteiger partial charge in [-0.15, -0.1) is 0 Å². The van der Waals surface area contributed by atoms with Gasteiger partial charge >= 0.3 is 0 Å². The summed E-state index contributed by atoms with van der Waals surface area (Å²) in [5.41, 5.74) is 19.3. The van der Waals surface area contributed by atoms with Crippen molar-refractivity contribution < 1.29 is 16.8 Å². The van der Waals surface area contributed by atoms with Gasteiger partial charge in [0.25, 0.3) is 0 Å². The molecule has 2 aliphatic heterocycles. The summed E-state index contributed by atoms with van der Waals surface area (Å²) in [6.07, 6.45) is 1.32. The maximum Gasteiger partial charge on any atom is 0.242 e. The molecule has 0 amide bonds. The van der Waals surface area contributed by atoms with E-state index in [0.29, 0.717) is 36.3 Å². The molecule has 3 heterocycles.